The number of hydrogen-bond donors (Lipinski definition) is 1. The van der Waals surface area contributed by atoms with Crippen LogP contribution >= 0.6 is 11.6 Å². The predicted octanol–water partition coefficient (Wildman–Crippen LogP) is 4.29. The number of hydrogen-bond acceptors (Lipinski definition) is 8. The van der Waals surface area contributed by atoms with Crippen molar-refractivity contribution in [2.45, 2.75) is 77.7 Å². The summed E-state index contributed by atoms with van der Waals surface area (Å²) >= 11 is 6.03. The molecule has 1 aliphatic heterocycles. The van der Waals surface area contributed by atoms with Crippen LogP contribution in [-0.2, 0) is 23.8 Å². The Morgan fingerprint density at radius 1 is 1.23 bits per heavy atom. The minimum Gasteiger partial charge on any atom is -0.461 e. The quantitative estimate of drug-likeness (QED) is 0.289. The van der Waals surface area contributed by atoms with E-state index in [1.165, 1.54) is 0 Å². The fourth-order valence-electron chi connectivity index (χ4n) is 4.39. The summed E-state index contributed by atoms with van der Waals surface area (Å²) in [5.41, 5.74) is 4.98. The highest BCUT2D eigenvalue weighted by Gasteiger charge is 2.52. The van der Waals surface area contributed by atoms with Gasteiger partial charge in [-0.3, -0.25) is 9.59 Å². The Kier molecular flexibility index (Phi) is 8.62. The van der Waals surface area contributed by atoms with Crippen molar-refractivity contribution in [3.63, 3.8) is 0 Å². The number of nitrogens with zero attached hydrogens (tertiary/aromatic N) is 3. The van der Waals surface area contributed by atoms with Gasteiger partial charge in [-0.15, -0.1) is 6.42 Å². The number of anilines is 1. The maximum atomic E-state index is 12.9. The number of nitrogens with two attached hydrogens (primary N) is 1. The number of carbonyl (C=O) groups excluding carboxylic acids is 2. The van der Waals surface area contributed by atoms with E-state index in [1.54, 1.807) is 16.8 Å². The molecule has 2 N–H and O–H groups in total. The van der Waals surface area contributed by atoms with E-state index in [1.807, 2.05) is 27.7 Å². The van der Waals surface area contributed by atoms with Crippen LogP contribution in [0.3, 0.4) is 0 Å². The smallest absolute Gasteiger partial charge is 0.309 e. The van der Waals surface area contributed by atoms with Crippen LogP contribution in [0, 0.1) is 24.2 Å². The fraction of sp³-hybridized carbons (Fsp3) is 0.600. The summed E-state index contributed by atoms with van der Waals surface area (Å²) in [6, 6.07) is 1.75. The van der Waals surface area contributed by atoms with E-state index in [0.717, 1.165) is 0 Å². The van der Waals surface area contributed by atoms with Crippen molar-refractivity contribution in [2.24, 2.45) is 11.8 Å². The molecule has 10 heteroatoms. The van der Waals surface area contributed by atoms with Crippen LogP contribution in [0.4, 0.5) is 5.82 Å². The lowest BCUT2D eigenvalue weighted by molar-refractivity contribution is -0.171. The van der Waals surface area contributed by atoms with Crippen molar-refractivity contribution in [1.82, 2.24) is 14.5 Å². The summed E-state index contributed by atoms with van der Waals surface area (Å²) < 4.78 is 19.5. The number of carbonyl (C=O) groups is 2. The second kappa shape index (κ2) is 11.3. The Morgan fingerprint density at radius 3 is 2.46 bits per heavy atom. The minimum absolute atomic E-state index is 0.00743. The molecule has 9 nitrogen and oxygen atoms in total. The molecular weight excluding hydrogens is 472 g/mol. The standard InChI is InChI=1S/C25H33ClN4O5/c1-6-15(7-2)22(31)33-14-25(10-5)18(34-23(32)16(8-3)9-4)13-19(35-25)30-12-11-17-20(27)28-24(26)29-21(17)30/h5,11-12,15-16,18-19H,6-9,13-14H2,1-4H3,(H2,27,28,29)/t18-,19+,25+/m0/s1. The van der Waals surface area contributed by atoms with Gasteiger partial charge >= 0.3 is 11.9 Å². The number of terminal acetylenes is 1. The van der Waals surface area contributed by atoms with Gasteiger partial charge in [-0.25, -0.2) is 4.98 Å². The second-order valence-electron chi connectivity index (χ2n) is 8.74. The molecule has 1 saturated heterocycles. The molecule has 0 saturated carbocycles. The molecule has 0 unspecified atom stereocenters. The lowest BCUT2D eigenvalue weighted by Gasteiger charge is -2.30. The largest absolute Gasteiger partial charge is 0.461 e. The number of fused-ring (bicyclic) bond motifs is 1. The van der Waals surface area contributed by atoms with Crippen molar-refractivity contribution in [3.8, 4) is 12.3 Å². The van der Waals surface area contributed by atoms with E-state index < -0.39 is 17.9 Å². The maximum absolute atomic E-state index is 12.9. The van der Waals surface area contributed by atoms with Crippen molar-refractivity contribution in [1.29, 1.82) is 0 Å². The van der Waals surface area contributed by atoms with Crippen molar-refractivity contribution in [2.75, 3.05) is 12.3 Å². The molecule has 3 heterocycles. The van der Waals surface area contributed by atoms with Crippen LogP contribution < -0.4 is 5.73 Å². The normalized spacial score (nSPS) is 22.0. The summed E-state index contributed by atoms with van der Waals surface area (Å²) in [7, 11) is 0. The van der Waals surface area contributed by atoms with Gasteiger partial charge in [0.05, 0.1) is 17.2 Å². The van der Waals surface area contributed by atoms with E-state index >= 15 is 0 Å². The molecule has 1 fully saturated rings. The second-order valence-corrected chi connectivity index (χ2v) is 9.08. The molecule has 1 aliphatic rings. The molecule has 35 heavy (non-hydrogen) atoms. The zero-order valence-corrected chi connectivity index (χ0v) is 21.4. The highest BCUT2D eigenvalue weighted by Crippen LogP contribution is 2.41. The van der Waals surface area contributed by atoms with Gasteiger partial charge < -0.3 is 24.5 Å². The van der Waals surface area contributed by atoms with Gasteiger partial charge in [0.1, 0.15) is 30.4 Å². The molecule has 2 aromatic rings. The zero-order chi connectivity index (χ0) is 25.8. The molecule has 190 valence electrons. The average molecular weight is 505 g/mol. The maximum Gasteiger partial charge on any atom is 0.309 e. The monoisotopic (exact) mass is 504 g/mol. The molecule has 3 atom stereocenters. The Hall–Kier alpha value is -2.83. The molecule has 0 radical (unpaired) electrons. The number of rotatable bonds is 10. The van der Waals surface area contributed by atoms with Gasteiger partial charge in [0.15, 0.2) is 0 Å². The molecule has 2 aromatic heterocycles. The van der Waals surface area contributed by atoms with Crippen LogP contribution in [-0.4, -0.2) is 44.8 Å². The van der Waals surface area contributed by atoms with Gasteiger partial charge in [-0.1, -0.05) is 33.6 Å². The predicted molar refractivity (Wildman–Crippen MR) is 132 cm³/mol. The van der Waals surface area contributed by atoms with E-state index in [2.05, 4.69) is 15.9 Å². The third kappa shape index (κ3) is 5.39. The Labute approximate surface area is 210 Å². The van der Waals surface area contributed by atoms with Gasteiger partial charge in [0.25, 0.3) is 0 Å². The SMILES string of the molecule is C#C[C@]1(COC(=O)C(CC)CC)O[C@@H](n2ccc3c(N)nc(Cl)nc32)C[C@@H]1OC(=O)C(CC)CC. The molecule has 3 rings (SSSR count). The summed E-state index contributed by atoms with van der Waals surface area (Å²) in [5, 5.41) is 0.592. The molecule has 0 spiro atoms. The topological polar surface area (TPSA) is 119 Å². The van der Waals surface area contributed by atoms with Crippen molar-refractivity contribution < 1.29 is 23.8 Å². The van der Waals surface area contributed by atoms with Crippen LogP contribution in [0.1, 0.15) is 66.0 Å². The van der Waals surface area contributed by atoms with Gasteiger partial charge in [0, 0.05) is 12.6 Å². The van der Waals surface area contributed by atoms with Crippen LogP contribution in [0.25, 0.3) is 11.0 Å². The molecule has 0 aliphatic carbocycles. The lowest BCUT2D eigenvalue weighted by atomic mass is 9.97. The van der Waals surface area contributed by atoms with Crippen LogP contribution in [0.15, 0.2) is 12.3 Å². The number of aromatic nitrogens is 3. The van der Waals surface area contributed by atoms with Crippen molar-refractivity contribution in [3.05, 3.63) is 17.5 Å². The van der Waals surface area contributed by atoms with E-state index in [-0.39, 0.29) is 47.9 Å². The summed E-state index contributed by atoms with van der Waals surface area (Å²) in [4.78, 5) is 33.8. The molecular formula is C25H33ClN4O5. The fourth-order valence-corrected chi connectivity index (χ4v) is 4.56. The zero-order valence-electron chi connectivity index (χ0n) is 20.6. The highest BCUT2D eigenvalue weighted by molar-refractivity contribution is 6.28. The first-order valence-electron chi connectivity index (χ1n) is 12.1. The van der Waals surface area contributed by atoms with Gasteiger partial charge in [-0.2, -0.15) is 4.98 Å². The van der Waals surface area contributed by atoms with E-state index in [0.29, 0.717) is 36.7 Å². The molecule has 0 bridgehead atoms. The highest BCUT2D eigenvalue weighted by atomic mass is 35.5. The number of nitrogen functional groups attached to an aromatic ring is 1. The Bertz CT molecular complexity index is 1110. The van der Waals surface area contributed by atoms with Crippen molar-refractivity contribution >= 4 is 40.4 Å². The Balaban J connectivity index is 1.95. The first-order valence-corrected chi connectivity index (χ1v) is 12.4. The number of esters is 2. The van der Waals surface area contributed by atoms with Gasteiger partial charge in [0.2, 0.25) is 10.9 Å². The van der Waals surface area contributed by atoms with E-state index in [9.17, 15) is 9.59 Å². The summed E-state index contributed by atoms with van der Waals surface area (Å²) in [6.45, 7) is 7.45. The summed E-state index contributed by atoms with van der Waals surface area (Å²) in [6.07, 6.45) is 8.96. The lowest BCUT2D eigenvalue weighted by Crippen LogP contribution is -2.46. The van der Waals surface area contributed by atoms with E-state index in [4.69, 9.17) is 38.0 Å². The average Bonchev–Trinajstić information content (AvgIpc) is 3.41. The van der Waals surface area contributed by atoms with Gasteiger partial charge in [-0.05, 0) is 43.4 Å². The Morgan fingerprint density at radius 2 is 1.86 bits per heavy atom. The summed E-state index contributed by atoms with van der Waals surface area (Å²) in [5.74, 6) is 1.62. The third-order valence-corrected chi connectivity index (χ3v) is 6.90. The first-order chi connectivity index (χ1) is 16.7. The minimum atomic E-state index is -1.47. The molecule has 0 aromatic carbocycles. The first kappa shape index (κ1) is 26.8. The molecule has 0 amide bonds. The third-order valence-electron chi connectivity index (χ3n) is 6.74. The number of halogens is 1. The number of ether oxygens (including phenoxy) is 3. The van der Waals surface area contributed by atoms with Crippen LogP contribution in [0.2, 0.25) is 5.28 Å². The van der Waals surface area contributed by atoms with Crippen LogP contribution in [0.5, 0.6) is 0 Å².